The van der Waals surface area contributed by atoms with Crippen LogP contribution in [0.5, 0.6) is 5.75 Å². The number of methoxy groups -OCH3 is 2. The summed E-state index contributed by atoms with van der Waals surface area (Å²) in [4.78, 5) is 12.3. The Kier molecular flexibility index (Phi) is 9.98. The van der Waals surface area contributed by atoms with Gasteiger partial charge in [0.15, 0.2) is 0 Å². The first-order chi connectivity index (χ1) is 13.1. The topological polar surface area (TPSA) is 74.0 Å². The number of carbonyl (C=O) groups excluding carboxylic acids is 1. The van der Waals surface area contributed by atoms with Crippen molar-refractivity contribution in [1.82, 2.24) is 4.90 Å². The predicted octanol–water partition coefficient (Wildman–Crippen LogP) is 3.11. The molecule has 1 amide bonds. The predicted molar refractivity (Wildman–Crippen MR) is 108 cm³/mol. The van der Waals surface area contributed by atoms with E-state index < -0.39 is 5.82 Å². The highest BCUT2D eigenvalue weighted by Crippen LogP contribution is 2.26. The summed E-state index contributed by atoms with van der Waals surface area (Å²) in [7, 11) is 3.25. The number of anilines is 1. The van der Waals surface area contributed by atoms with Crippen molar-refractivity contribution in [3.8, 4) is 5.75 Å². The van der Waals surface area contributed by atoms with Crippen molar-refractivity contribution >= 4 is 12.1 Å². The Hall–Kier alpha value is -2.64. The van der Waals surface area contributed by atoms with Crippen LogP contribution in [0.4, 0.5) is 10.1 Å². The van der Waals surface area contributed by atoms with Gasteiger partial charge < -0.3 is 24.8 Å². The lowest BCUT2D eigenvalue weighted by molar-refractivity contribution is -0.117. The Morgan fingerprint density at radius 2 is 1.82 bits per heavy atom. The molecule has 154 valence electrons. The highest BCUT2D eigenvalue weighted by atomic mass is 19.1. The first-order valence-electron chi connectivity index (χ1n) is 8.54. The van der Waals surface area contributed by atoms with Crippen molar-refractivity contribution in [1.29, 1.82) is 0 Å². The third kappa shape index (κ3) is 6.83. The zero-order valence-corrected chi connectivity index (χ0v) is 15.5. The van der Waals surface area contributed by atoms with Crippen LogP contribution in [0.15, 0.2) is 48.5 Å². The minimum Gasteiger partial charge on any atom is -0.484 e. The molecule has 1 fully saturated rings. The molecule has 7 heteroatoms. The van der Waals surface area contributed by atoms with Crippen LogP contribution in [0, 0.1) is 5.82 Å². The van der Waals surface area contributed by atoms with Gasteiger partial charge in [0.25, 0.3) is 0 Å². The van der Waals surface area contributed by atoms with Crippen molar-refractivity contribution < 1.29 is 23.4 Å². The summed E-state index contributed by atoms with van der Waals surface area (Å²) in [5.41, 5.74) is 7.29. The van der Waals surface area contributed by atoms with Crippen molar-refractivity contribution in [2.24, 2.45) is 0 Å². The molecule has 0 spiro atoms. The molecule has 1 saturated heterocycles. The third-order valence-corrected chi connectivity index (χ3v) is 4.10. The van der Waals surface area contributed by atoms with Gasteiger partial charge in [0, 0.05) is 20.3 Å². The van der Waals surface area contributed by atoms with E-state index in [4.69, 9.17) is 19.9 Å². The lowest BCUT2D eigenvalue weighted by Gasteiger charge is -2.19. The third-order valence-electron chi connectivity index (χ3n) is 4.10. The normalized spacial score (nSPS) is 17.9. The van der Waals surface area contributed by atoms with Crippen LogP contribution in [0.3, 0.4) is 0 Å². The number of rotatable bonds is 6. The van der Waals surface area contributed by atoms with Gasteiger partial charge in [-0.3, -0.25) is 4.79 Å². The van der Waals surface area contributed by atoms with Crippen molar-refractivity contribution in [3.63, 3.8) is 0 Å². The molecule has 1 unspecified atom stereocenters. The summed E-state index contributed by atoms with van der Waals surface area (Å²) < 4.78 is 28.9. The molecule has 1 aliphatic rings. The largest absolute Gasteiger partial charge is 0.484 e. The fourth-order valence-corrected chi connectivity index (χ4v) is 2.71. The number of halogens is 1. The Bertz CT molecular complexity index is 715. The molecule has 1 heterocycles. The van der Waals surface area contributed by atoms with E-state index in [2.05, 4.69) is 0 Å². The maximum absolute atomic E-state index is 13.1. The van der Waals surface area contributed by atoms with Crippen molar-refractivity contribution in [3.05, 3.63) is 59.9 Å². The van der Waals surface area contributed by atoms with Crippen LogP contribution < -0.4 is 10.5 Å². The van der Waals surface area contributed by atoms with Gasteiger partial charge in [0.05, 0.1) is 25.4 Å². The molecule has 0 aromatic heterocycles. The smallest absolute Gasteiger partial charge is 0.209 e. The van der Waals surface area contributed by atoms with E-state index in [1.807, 2.05) is 30.3 Å². The minimum absolute atomic E-state index is 0. The average molecular weight is 392 g/mol. The standard InChI is InChI=1S/C12H15FN2O3.C8H10O.CH4/c1-17-11-5-15(7-16)6-12(11)18-10-4-8(13)2-3-9(10)14;1-9-7-8-5-3-2-4-6-8;/h2-4,7,11-12H,5-6,14H2,1H3;2-6H,7H2,1H3;1H4/t11-,12?;;/m1../s1. The molecule has 2 aromatic rings. The van der Waals surface area contributed by atoms with E-state index in [1.165, 1.54) is 23.8 Å². The Morgan fingerprint density at radius 1 is 1.14 bits per heavy atom. The molecule has 0 bridgehead atoms. The first kappa shape index (κ1) is 23.4. The number of carbonyl (C=O) groups is 1. The van der Waals surface area contributed by atoms with Gasteiger partial charge >= 0.3 is 0 Å². The number of amides is 1. The van der Waals surface area contributed by atoms with Crippen molar-refractivity contribution in [2.45, 2.75) is 26.2 Å². The quantitative estimate of drug-likeness (QED) is 0.604. The van der Waals surface area contributed by atoms with Crippen LogP contribution in [-0.2, 0) is 20.9 Å². The van der Waals surface area contributed by atoms with Crippen LogP contribution in [0.25, 0.3) is 0 Å². The second-order valence-electron chi connectivity index (χ2n) is 6.09. The summed E-state index contributed by atoms with van der Waals surface area (Å²) in [5, 5.41) is 0. The second kappa shape index (κ2) is 11.9. The van der Waals surface area contributed by atoms with Crippen LogP contribution in [0.1, 0.15) is 13.0 Å². The van der Waals surface area contributed by atoms with Gasteiger partial charge in [-0.25, -0.2) is 4.39 Å². The monoisotopic (exact) mass is 392 g/mol. The lowest BCUT2D eigenvalue weighted by atomic mass is 10.2. The Labute approximate surface area is 166 Å². The van der Waals surface area contributed by atoms with Crippen molar-refractivity contribution in [2.75, 3.05) is 33.0 Å². The van der Waals surface area contributed by atoms with Gasteiger partial charge in [0.2, 0.25) is 6.41 Å². The fourth-order valence-electron chi connectivity index (χ4n) is 2.71. The summed E-state index contributed by atoms with van der Waals surface area (Å²) in [5.74, 6) is -0.145. The van der Waals surface area contributed by atoms with E-state index in [0.29, 0.717) is 25.4 Å². The number of hydrogen-bond acceptors (Lipinski definition) is 5. The number of ether oxygens (including phenoxy) is 3. The summed E-state index contributed by atoms with van der Waals surface area (Å²) in [6.07, 6.45) is 0.159. The SMILES string of the molecule is C.COCc1ccccc1.CO[C@@H]1CN(C=O)CC1Oc1cc(F)ccc1N. The summed E-state index contributed by atoms with van der Waals surface area (Å²) in [6, 6.07) is 14.0. The summed E-state index contributed by atoms with van der Waals surface area (Å²) >= 11 is 0. The van der Waals surface area contributed by atoms with E-state index >= 15 is 0 Å². The number of nitrogens with zero attached hydrogens (tertiary/aromatic N) is 1. The molecule has 0 radical (unpaired) electrons. The number of likely N-dealkylation sites (tertiary alicyclic amines) is 1. The molecule has 3 rings (SSSR count). The molecule has 6 nitrogen and oxygen atoms in total. The van der Waals surface area contributed by atoms with Gasteiger partial charge in [-0.05, 0) is 17.7 Å². The van der Waals surface area contributed by atoms with Gasteiger partial charge in [-0.15, -0.1) is 0 Å². The maximum Gasteiger partial charge on any atom is 0.209 e. The van der Waals surface area contributed by atoms with E-state index in [1.54, 1.807) is 19.1 Å². The minimum atomic E-state index is -0.418. The van der Waals surface area contributed by atoms with E-state index in [0.717, 1.165) is 6.41 Å². The zero-order chi connectivity index (χ0) is 19.6. The highest BCUT2D eigenvalue weighted by Gasteiger charge is 2.34. The van der Waals surface area contributed by atoms with Crippen LogP contribution in [0.2, 0.25) is 0 Å². The Balaban J connectivity index is 0.000000332. The molecule has 0 aliphatic carbocycles. The van der Waals surface area contributed by atoms with Crippen LogP contribution in [-0.4, -0.2) is 50.8 Å². The van der Waals surface area contributed by atoms with Crippen LogP contribution >= 0.6 is 0 Å². The highest BCUT2D eigenvalue weighted by molar-refractivity contribution is 5.52. The molecular weight excluding hydrogens is 363 g/mol. The molecule has 0 saturated carbocycles. The van der Waals surface area contributed by atoms with E-state index in [9.17, 15) is 9.18 Å². The molecule has 2 aromatic carbocycles. The molecular formula is C21H29FN2O4. The first-order valence-corrected chi connectivity index (χ1v) is 8.54. The molecule has 28 heavy (non-hydrogen) atoms. The zero-order valence-electron chi connectivity index (χ0n) is 15.5. The number of hydrogen-bond donors (Lipinski definition) is 1. The average Bonchev–Trinajstić information content (AvgIpc) is 3.08. The molecule has 1 aliphatic heterocycles. The number of nitrogen functional groups attached to an aromatic ring is 1. The number of benzene rings is 2. The lowest BCUT2D eigenvalue weighted by Crippen LogP contribution is -2.31. The Morgan fingerprint density at radius 3 is 2.43 bits per heavy atom. The molecule has 2 atom stereocenters. The number of nitrogens with two attached hydrogens (primary N) is 1. The fraction of sp³-hybridized carbons (Fsp3) is 0.381. The molecule has 2 N–H and O–H groups in total. The van der Waals surface area contributed by atoms with Gasteiger partial charge in [0.1, 0.15) is 23.8 Å². The van der Waals surface area contributed by atoms with E-state index in [-0.39, 0.29) is 25.4 Å². The summed E-state index contributed by atoms with van der Waals surface area (Å²) in [6.45, 7) is 1.57. The second-order valence-corrected chi connectivity index (χ2v) is 6.09. The van der Waals surface area contributed by atoms with Gasteiger partial charge in [-0.1, -0.05) is 37.8 Å². The maximum atomic E-state index is 13.1. The van der Waals surface area contributed by atoms with Gasteiger partial charge in [-0.2, -0.15) is 0 Å².